The van der Waals surface area contributed by atoms with Crippen molar-refractivity contribution >= 4 is 0 Å². The third-order valence-corrected chi connectivity index (χ3v) is 2.93. The summed E-state index contributed by atoms with van der Waals surface area (Å²) >= 11 is 0. The van der Waals surface area contributed by atoms with Gasteiger partial charge in [0.25, 0.3) is 0 Å². The maximum absolute atomic E-state index is 5.11. The molecule has 2 heteroatoms. The fraction of sp³-hybridized carbons (Fsp3) is 0.636. The van der Waals surface area contributed by atoms with Crippen molar-refractivity contribution in [1.82, 2.24) is 5.32 Å². The Morgan fingerprint density at radius 2 is 2.46 bits per heavy atom. The second-order valence-corrected chi connectivity index (χ2v) is 3.97. The Kier molecular flexibility index (Phi) is 2.40. The first-order valence-corrected chi connectivity index (χ1v) is 5.08. The molecule has 0 bridgehead atoms. The van der Waals surface area contributed by atoms with Crippen molar-refractivity contribution in [2.75, 3.05) is 6.54 Å². The van der Waals surface area contributed by atoms with Gasteiger partial charge in [-0.1, -0.05) is 13.8 Å². The lowest BCUT2D eigenvalue weighted by Crippen LogP contribution is -2.22. The third kappa shape index (κ3) is 1.78. The van der Waals surface area contributed by atoms with Crippen molar-refractivity contribution in [3.63, 3.8) is 0 Å². The number of furan rings is 1. The normalized spacial score (nSPS) is 28.8. The van der Waals surface area contributed by atoms with Crippen LogP contribution in [0.2, 0.25) is 0 Å². The fourth-order valence-corrected chi connectivity index (χ4v) is 2.00. The van der Waals surface area contributed by atoms with E-state index in [-0.39, 0.29) is 0 Å². The minimum atomic E-state index is 0.513. The molecule has 1 fully saturated rings. The summed E-state index contributed by atoms with van der Waals surface area (Å²) in [4.78, 5) is 0. The average molecular weight is 179 g/mol. The molecular weight excluding hydrogens is 162 g/mol. The van der Waals surface area contributed by atoms with Gasteiger partial charge in [0.15, 0.2) is 0 Å². The maximum atomic E-state index is 5.11. The van der Waals surface area contributed by atoms with E-state index in [0.29, 0.717) is 6.04 Å². The summed E-state index contributed by atoms with van der Waals surface area (Å²) in [6.07, 6.45) is 4.97. The van der Waals surface area contributed by atoms with E-state index in [1.807, 2.05) is 6.26 Å². The van der Waals surface area contributed by atoms with E-state index in [4.69, 9.17) is 4.42 Å². The zero-order valence-corrected chi connectivity index (χ0v) is 8.29. The number of hydrogen-bond acceptors (Lipinski definition) is 2. The largest absolute Gasteiger partial charge is 0.472 e. The zero-order valence-electron chi connectivity index (χ0n) is 8.29. The summed E-state index contributed by atoms with van der Waals surface area (Å²) < 4.78 is 5.11. The lowest BCUT2D eigenvalue weighted by molar-refractivity contribution is 0.467. The molecule has 1 heterocycles. The van der Waals surface area contributed by atoms with Crippen LogP contribution in [0.4, 0.5) is 0 Å². The van der Waals surface area contributed by atoms with Crippen molar-refractivity contribution in [2.45, 2.75) is 26.3 Å². The van der Waals surface area contributed by atoms with Crippen molar-refractivity contribution in [2.24, 2.45) is 11.8 Å². The highest BCUT2D eigenvalue weighted by atomic mass is 16.3. The van der Waals surface area contributed by atoms with Crippen LogP contribution >= 0.6 is 0 Å². The van der Waals surface area contributed by atoms with Crippen LogP contribution in [0.5, 0.6) is 0 Å². The summed E-state index contributed by atoms with van der Waals surface area (Å²) in [6.45, 7) is 5.49. The van der Waals surface area contributed by atoms with Gasteiger partial charge in [0.1, 0.15) is 0 Å². The van der Waals surface area contributed by atoms with Gasteiger partial charge in [0, 0.05) is 11.6 Å². The second-order valence-electron chi connectivity index (χ2n) is 3.97. The molecule has 13 heavy (non-hydrogen) atoms. The molecule has 0 radical (unpaired) electrons. The van der Waals surface area contributed by atoms with Gasteiger partial charge in [0.05, 0.1) is 12.5 Å². The van der Waals surface area contributed by atoms with Crippen molar-refractivity contribution < 1.29 is 4.42 Å². The van der Waals surface area contributed by atoms with Crippen molar-refractivity contribution in [3.8, 4) is 0 Å². The van der Waals surface area contributed by atoms with Crippen LogP contribution in [0, 0.1) is 11.8 Å². The second kappa shape index (κ2) is 3.54. The minimum absolute atomic E-state index is 0.513. The predicted molar refractivity (Wildman–Crippen MR) is 52.4 cm³/mol. The molecule has 0 aromatic carbocycles. The molecule has 1 aromatic heterocycles. The van der Waals surface area contributed by atoms with E-state index in [1.54, 1.807) is 6.26 Å². The molecule has 0 saturated heterocycles. The van der Waals surface area contributed by atoms with E-state index in [2.05, 4.69) is 25.2 Å². The Morgan fingerprint density at radius 3 is 2.92 bits per heavy atom. The van der Waals surface area contributed by atoms with E-state index in [1.165, 1.54) is 12.0 Å². The van der Waals surface area contributed by atoms with Gasteiger partial charge in [-0.2, -0.15) is 0 Å². The molecule has 0 amide bonds. The van der Waals surface area contributed by atoms with Gasteiger partial charge in [-0.3, -0.25) is 0 Å². The van der Waals surface area contributed by atoms with Gasteiger partial charge in [-0.05, 0) is 30.9 Å². The Hall–Kier alpha value is -0.760. The lowest BCUT2D eigenvalue weighted by Gasteiger charge is -2.15. The predicted octanol–water partition coefficient (Wildman–Crippen LogP) is 2.59. The molecule has 3 unspecified atom stereocenters. The minimum Gasteiger partial charge on any atom is -0.472 e. The van der Waals surface area contributed by atoms with Crippen LogP contribution in [-0.4, -0.2) is 6.54 Å². The summed E-state index contributed by atoms with van der Waals surface area (Å²) in [5, 5.41) is 3.52. The van der Waals surface area contributed by atoms with Crippen LogP contribution in [0.25, 0.3) is 0 Å². The van der Waals surface area contributed by atoms with Gasteiger partial charge in [-0.15, -0.1) is 0 Å². The Morgan fingerprint density at radius 1 is 1.69 bits per heavy atom. The van der Waals surface area contributed by atoms with Gasteiger partial charge in [-0.25, -0.2) is 0 Å². The summed E-state index contributed by atoms with van der Waals surface area (Å²) in [5.74, 6) is 1.69. The first-order chi connectivity index (χ1) is 6.33. The Labute approximate surface area is 79.3 Å². The molecule has 0 aliphatic heterocycles. The summed E-state index contributed by atoms with van der Waals surface area (Å²) in [7, 11) is 0. The topological polar surface area (TPSA) is 25.2 Å². The number of rotatable bonds is 4. The van der Waals surface area contributed by atoms with Gasteiger partial charge < -0.3 is 9.73 Å². The van der Waals surface area contributed by atoms with Crippen LogP contribution in [0.15, 0.2) is 23.0 Å². The Bertz CT molecular complexity index is 255. The van der Waals surface area contributed by atoms with E-state index in [0.717, 1.165) is 18.4 Å². The lowest BCUT2D eigenvalue weighted by atomic mass is 10.0. The molecule has 72 valence electrons. The molecule has 1 aliphatic rings. The molecule has 2 rings (SSSR count). The van der Waals surface area contributed by atoms with E-state index in [9.17, 15) is 0 Å². The number of hydrogen-bond donors (Lipinski definition) is 1. The molecular formula is C11H17NO. The first kappa shape index (κ1) is 8.82. The van der Waals surface area contributed by atoms with Gasteiger partial charge in [0.2, 0.25) is 0 Å². The molecule has 3 atom stereocenters. The van der Waals surface area contributed by atoms with Crippen LogP contribution < -0.4 is 5.32 Å². The van der Waals surface area contributed by atoms with Crippen LogP contribution in [0.3, 0.4) is 0 Å². The smallest absolute Gasteiger partial charge is 0.0950 e. The monoisotopic (exact) mass is 179 g/mol. The highest BCUT2D eigenvalue weighted by Crippen LogP contribution is 2.46. The molecule has 0 spiro atoms. The van der Waals surface area contributed by atoms with Crippen LogP contribution in [0.1, 0.15) is 31.9 Å². The molecule has 1 aromatic rings. The van der Waals surface area contributed by atoms with E-state index < -0.39 is 0 Å². The third-order valence-electron chi connectivity index (χ3n) is 2.93. The highest BCUT2D eigenvalue weighted by Gasteiger charge is 2.39. The first-order valence-electron chi connectivity index (χ1n) is 5.08. The summed E-state index contributed by atoms with van der Waals surface area (Å²) in [6, 6.07) is 2.58. The molecule has 1 aliphatic carbocycles. The van der Waals surface area contributed by atoms with E-state index >= 15 is 0 Å². The van der Waals surface area contributed by atoms with Crippen LogP contribution in [-0.2, 0) is 0 Å². The SMILES string of the molecule is CCNC(c1ccoc1)C1CC1C. The standard InChI is InChI=1S/C11H17NO/c1-3-12-11(10-6-8(10)2)9-4-5-13-7-9/h4-5,7-8,10-12H,3,6H2,1-2H3. The van der Waals surface area contributed by atoms with Gasteiger partial charge >= 0.3 is 0 Å². The zero-order chi connectivity index (χ0) is 9.26. The average Bonchev–Trinajstić information content (AvgIpc) is 2.69. The molecule has 1 saturated carbocycles. The van der Waals surface area contributed by atoms with Crippen molar-refractivity contribution in [3.05, 3.63) is 24.2 Å². The summed E-state index contributed by atoms with van der Waals surface area (Å²) in [5.41, 5.74) is 1.30. The quantitative estimate of drug-likeness (QED) is 0.768. The maximum Gasteiger partial charge on any atom is 0.0950 e. The molecule has 1 N–H and O–H groups in total. The molecule has 2 nitrogen and oxygen atoms in total. The highest BCUT2D eigenvalue weighted by molar-refractivity contribution is 5.15. The van der Waals surface area contributed by atoms with Crippen molar-refractivity contribution in [1.29, 1.82) is 0 Å². The fourth-order valence-electron chi connectivity index (χ4n) is 2.00. The Balaban J connectivity index is 2.06. The number of nitrogens with one attached hydrogen (secondary N) is 1.